The van der Waals surface area contributed by atoms with Gasteiger partial charge in [-0.05, 0) is 30.7 Å². The lowest BCUT2D eigenvalue weighted by atomic mass is 10.2. The molecule has 0 bridgehead atoms. The molecular formula is C19H13ClN4O3S. The Kier molecular flexibility index (Phi) is 4.58. The molecule has 0 fully saturated rings. The van der Waals surface area contributed by atoms with Gasteiger partial charge in [0.2, 0.25) is 0 Å². The number of hydrogen-bond donors (Lipinski definition) is 2. The average Bonchev–Trinajstić information content (AvgIpc) is 3.27. The van der Waals surface area contributed by atoms with Crippen LogP contribution in [0.4, 0.5) is 0 Å². The lowest BCUT2D eigenvalue weighted by molar-refractivity contribution is 0.0701. The number of carboxylic acid groups (broad SMARTS) is 1. The third-order valence-electron chi connectivity index (χ3n) is 4.14. The van der Waals surface area contributed by atoms with E-state index >= 15 is 0 Å². The van der Waals surface area contributed by atoms with Gasteiger partial charge in [0.25, 0.3) is 5.56 Å². The number of thiophene rings is 1. The van der Waals surface area contributed by atoms with Gasteiger partial charge in [0.15, 0.2) is 5.82 Å². The third-order valence-corrected chi connectivity index (χ3v) is 5.60. The van der Waals surface area contributed by atoms with E-state index in [9.17, 15) is 14.7 Å². The lowest BCUT2D eigenvalue weighted by Crippen LogP contribution is -2.10. The molecule has 2 N–H and O–H groups in total. The second-order valence-electron chi connectivity index (χ2n) is 6.00. The van der Waals surface area contributed by atoms with E-state index in [-0.39, 0.29) is 21.1 Å². The number of benzene rings is 1. The average molecular weight is 413 g/mol. The Hall–Kier alpha value is -3.23. The second kappa shape index (κ2) is 7.06. The molecule has 4 aromatic rings. The van der Waals surface area contributed by atoms with E-state index in [0.717, 1.165) is 22.6 Å². The monoisotopic (exact) mass is 412 g/mol. The number of H-pyrrole nitrogens is 1. The fourth-order valence-corrected chi connectivity index (χ4v) is 4.05. The quantitative estimate of drug-likeness (QED) is 0.529. The van der Waals surface area contributed by atoms with Crippen molar-refractivity contribution in [2.75, 3.05) is 0 Å². The maximum absolute atomic E-state index is 12.4. The Morgan fingerprint density at radius 1 is 1.32 bits per heavy atom. The lowest BCUT2D eigenvalue weighted by Gasteiger charge is -2.00. The fraction of sp³-hybridized carbons (Fsp3) is 0.0526. The highest BCUT2D eigenvalue weighted by Gasteiger charge is 2.19. The minimum atomic E-state index is -1.09. The molecule has 0 aliphatic carbocycles. The summed E-state index contributed by atoms with van der Waals surface area (Å²) in [5.74, 6) is -0.916. The summed E-state index contributed by atoms with van der Waals surface area (Å²) in [5, 5.41) is 14.0. The van der Waals surface area contributed by atoms with E-state index in [1.807, 2.05) is 30.3 Å². The standard InChI is InChI=1S/C19H13ClN4O3S/c1-10-14-17(25)22-16(23-18(14)28-15(10)19(26)27)13(20)7-11-8-21-24(9-11)12-5-3-2-4-6-12/h2-9H,1H3,(H,26,27)(H,22,23,25)/b13-7-. The van der Waals surface area contributed by atoms with E-state index in [4.69, 9.17) is 11.6 Å². The molecule has 4 rings (SSSR count). The Labute approximate surface area is 167 Å². The first-order valence-electron chi connectivity index (χ1n) is 8.18. The number of carboxylic acids is 1. The first-order chi connectivity index (χ1) is 13.4. The SMILES string of the molecule is Cc1c(C(=O)O)sc2nc(/C(Cl)=C/c3cnn(-c4ccccc4)c3)[nH]c(=O)c12. The molecule has 0 saturated carbocycles. The van der Waals surface area contributed by atoms with Crippen molar-refractivity contribution in [3.8, 4) is 5.69 Å². The summed E-state index contributed by atoms with van der Waals surface area (Å²) in [7, 11) is 0. The summed E-state index contributed by atoms with van der Waals surface area (Å²) in [4.78, 5) is 31.1. The van der Waals surface area contributed by atoms with Crippen molar-refractivity contribution < 1.29 is 9.90 Å². The molecule has 0 radical (unpaired) electrons. The van der Waals surface area contributed by atoms with Crippen molar-refractivity contribution in [1.29, 1.82) is 0 Å². The van der Waals surface area contributed by atoms with E-state index in [2.05, 4.69) is 15.1 Å². The predicted molar refractivity (Wildman–Crippen MR) is 109 cm³/mol. The number of hydrogen-bond acceptors (Lipinski definition) is 5. The van der Waals surface area contributed by atoms with Gasteiger partial charge in [-0.3, -0.25) is 4.79 Å². The number of aromatic nitrogens is 4. The van der Waals surface area contributed by atoms with Crippen LogP contribution in [0, 0.1) is 6.92 Å². The maximum Gasteiger partial charge on any atom is 0.346 e. The molecular weight excluding hydrogens is 400 g/mol. The normalized spacial score (nSPS) is 11.9. The van der Waals surface area contributed by atoms with Crippen LogP contribution < -0.4 is 5.56 Å². The van der Waals surface area contributed by atoms with Gasteiger partial charge < -0.3 is 10.1 Å². The maximum atomic E-state index is 12.4. The van der Waals surface area contributed by atoms with Crippen molar-refractivity contribution in [2.24, 2.45) is 0 Å². The summed E-state index contributed by atoms with van der Waals surface area (Å²) in [6, 6.07) is 9.60. The van der Waals surface area contributed by atoms with Crippen LogP contribution in [0.25, 0.3) is 27.0 Å². The van der Waals surface area contributed by atoms with Gasteiger partial charge in [-0.25, -0.2) is 14.5 Å². The van der Waals surface area contributed by atoms with Crippen LogP contribution in [0.5, 0.6) is 0 Å². The minimum absolute atomic E-state index is 0.0920. The summed E-state index contributed by atoms with van der Waals surface area (Å²) in [5.41, 5.74) is 1.61. The van der Waals surface area contributed by atoms with Gasteiger partial charge in [-0.1, -0.05) is 29.8 Å². The zero-order valence-corrected chi connectivity index (χ0v) is 16.1. The van der Waals surface area contributed by atoms with Crippen LogP contribution in [0.1, 0.15) is 26.6 Å². The van der Waals surface area contributed by atoms with E-state index in [1.165, 1.54) is 0 Å². The molecule has 0 unspecified atom stereocenters. The molecule has 0 atom stereocenters. The van der Waals surface area contributed by atoms with Gasteiger partial charge in [-0.2, -0.15) is 5.10 Å². The molecule has 3 aromatic heterocycles. The van der Waals surface area contributed by atoms with Crippen LogP contribution in [0.2, 0.25) is 0 Å². The number of nitrogens with one attached hydrogen (secondary N) is 1. The largest absolute Gasteiger partial charge is 0.477 e. The van der Waals surface area contributed by atoms with Crippen molar-refractivity contribution in [2.45, 2.75) is 6.92 Å². The van der Waals surface area contributed by atoms with E-state index < -0.39 is 11.5 Å². The Balaban J connectivity index is 1.73. The zero-order chi connectivity index (χ0) is 19.8. The van der Waals surface area contributed by atoms with E-state index in [1.54, 1.807) is 30.1 Å². The number of carbonyl (C=O) groups is 1. The van der Waals surface area contributed by atoms with Crippen molar-refractivity contribution in [3.63, 3.8) is 0 Å². The van der Waals surface area contributed by atoms with Crippen LogP contribution >= 0.6 is 22.9 Å². The van der Waals surface area contributed by atoms with Gasteiger partial charge in [0.1, 0.15) is 9.71 Å². The molecule has 28 heavy (non-hydrogen) atoms. The summed E-state index contributed by atoms with van der Waals surface area (Å²) >= 11 is 7.31. The van der Waals surface area contributed by atoms with Gasteiger partial charge in [0.05, 0.1) is 22.3 Å². The highest BCUT2D eigenvalue weighted by atomic mass is 35.5. The van der Waals surface area contributed by atoms with Gasteiger partial charge in [-0.15, -0.1) is 11.3 Å². The first-order valence-corrected chi connectivity index (χ1v) is 9.38. The van der Waals surface area contributed by atoms with Crippen LogP contribution in [0.15, 0.2) is 47.5 Å². The molecule has 7 nitrogen and oxygen atoms in total. The van der Waals surface area contributed by atoms with Gasteiger partial charge in [0, 0.05) is 11.8 Å². The number of halogens is 1. The molecule has 0 spiro atoms. The molecule has 0 saturated heterocycles. The molecule has 0 aliphatic heterocycles. The highest BCUT2D eigenvalue weighted by Crippen LogP contribution is 2.28. The summed E-state index contributed by atoms with van der Waals surface area (Å²) in [6.45, 7) is 1.59. The van der Waals surface area contributed by atoms with Gasteiger partial charge >= 0.3 is 5.97 Å². The number of rotatable bonds is 4. The topological polar surface area (TPSA) is 101 Å². The smallest absolute Gasteiger partial charge is 0.346 e. The van der Waals surface area contributed by atoms with E-state index in [0.29, 0.717) is 10.4 Å². The Morgan fingerprint density at radius 2 is 2.07 bits per heavy atom. The van der Waals surface area contributed by atoms with Crippen LogP contribution in [-0.2, 0) is 0 Å². The van der Waals surface area contributed by atoms with Crippen molar-refractivity contribution >= 4 is 50.2 Å². The molecule has 1 aromatic carbocycles. The van der Waals surface area contributed by atoms with Crippen molar-refractivity contribution in [1.82, 2.24) is 19.7 Å². The highest BCUT2D eigenvalue weighted by molar-refractivity contribution is 7.20. The number of aromatic amines is 1. The predicted octanol–water partition coefficient (Wildman–Crippen LogP) is 3.91. The van der Waals surface area contributed by atoms with Crippen LogP contribution in [-0.4, -0.2) is 30.8 Å². The molecule has 0 aliphatic rings. The molecule has 9 heteroatoms. The Morgan fingerprint density at radius 3 is 2.79 bits per heavy atom. The number of para-hydroxylation sites is 1. The molecule has 140 valence electrons. The van der Waals surface area contributed by atoms with Crippen LogP contribution in [0.3, 0.4) is 0 Å². The molecule has 3 heterocycles. The summed E-state index contributed by atoms with van der Waals surface area (Å²) < 4.78 is 1.71. The first kappa shape index (κ1) is 18.1. The summed E-state index contributed by atoms with van der Waals surface area (Å²) in [6.07, 6.45) is 5.08. The second-order valence-corrected chi connectivity index (χ2v) is 7.41. The third kappa shape index (κ3) is 3.23. The molecule has 0 amide bonds. The number of aromatic carboxylic acids is 1. The zero-order valence-electron chi connectivity index (χ0n) is 14.5. The Bertz CT molecular complexity index is 1290. The number of nitrogens with zero attached hydrogens (tertiary/aromatic N) is 3. The van der Waals surface area contributed by atoms with Crippen molar-refractivity contribution in [3.05, 3.63) is 74.9 Å². The fourth-order valence-electron chi connectivity index (χ4n) is 2.81. The number of aryl methyl sites for hydroxylation is 1. The number of fused-ring (bicyclic) bond motifs is 1. The minimum Gasteiger partial charge on any atom is -0.477 e.